The van der Waals surface area contributed by atoms with E-state index in [-0.39, 0.29) is 12.7 Å². The number of nitrogens with zero attached hydrogens (tertiary/aromatic N) is 4. The summed E-state index contributed by atoms with van der Waals surface area (Å²) in [5.41, 5.74) is 5.04. The Morgan fingerprint density at radius 1 is 0.750 bits per heavy atom. The molecule has 44 heavy (non-hydrogen) atoms. The highest BCUT2D eigenvalue weighted by molar-refractivity contribution is 6.03. The van der Waals surface area contributed by atoms with Gasteiger partial charge in [-0.15, -0.1) is 0 Å². The van der Waals surface area contributed by atoms with E-state index < -0.39 is 5.54 Å². The number of hydrazone groups is 1. The predicted octanol–water partition coefficient (Wildman–Crippen LogP) is 7.00. The minimum absolute atomic E-state index is 0.153. The average Bonchev–Trinajstić information content (AvgIpc) is 3.63. The fourth-order valence-corrected chi connectivity index (χ4v) is 6.82. The maximum Gasteiger partial charge on any atom is 0.275 e. The van der Waals surface area contributed by atoms with Crippen molar-refractivity contribution in [2.75, 3.05) is 42.8 Å². The molecule has 0 aliphatic carbocycles. The lowest BCUT2D eigenvalue weighted by molar-refractivity contribution is 0.0675. The van der Waals surface area contributed by atoms with Gasteiger partial charge in [0.1, 0.15) is 17.0 Å². The maximum atomic E-state index is 14.4. The van der Waals surface area contributed by atoms with E-state index in [4.69, 9.17) is 19.3 Å². The van der Waals surface area contributed by atoms with Gasteiger partial charge in [-0.3, -0.25) is 4.79 Å². The molecule has 0 atom stereocenters. The summed E-state index contributed by atoms with van der Waals surface area (Å²) in [5.74, 6) is 2.52. The molecule has 0 unspecified atom stereocenters. The first kappa shape index (κ1) is 27.8. The Morgan fingerprint density at radius 3 is 2.02 bits per heavy atom. The fraction of sp³-hybridized carbons (Fsp3) is 0.278. The number of carbonyl (C=O) groups excluding carboxylic acids is 1. The van der Waals surface area contributed by atoms with Crippen molar-refractivity contribution >= 4 is 23.5 Å². The first-order valence-corrected chi connectivity index (χ1v) is 15.4. The van der Waals surface area contributed by atoms with Gasteiger partial charge in [-0.05, 0) is 58.0 Å². The van der Waals surface area contributed by atoms with Gasteiger partial charge in [0.25, 0.3) is 5.91 Å². The Kier molecular flexibility index (Phi) is 6.92. The molecule has 7 rings (SSSR count). The number of anilines is 2. The normalized spacial score (nSPS) is 15.3. The summed E-state index contributed by atoms with van der Waals surface area (Å²) in [6.07, 6.45) is 1.70. The molecular weight excluding hydrogens is 552 g/mol. The second kappa shape index (κ2) is 10.9. The van der Waals surface area contributed by atoms with E-state index in [0.29, 0.717) is 28.6 Å². The summed E-state index contributed by atoms with van der Waals surface area (Å²) in [6, 6.07) is 26.1. The summed E-state index contributed by atoms with van der Waals surface area (Å²) in [6.45, 7) is 12.2. The number of para-hydroxylation sites is 1. The molecule has 8 heteroatoms. The van der Waals surface area contributed by atoms with Crippen molar-refractivity contribution < 1.29 is 19.0 Å². The van der Waals surface area contributed by atoms with Gasteiger partial charge in [-0.1, -0.05) is 36.4 Å². The second-order valence-corrected chi connectivity index (χ2v) is 11.0. The quantitative estimate of drug-likeness (QED) is 0.207. The molecule has 0 bridgehead atoms. The molecule has 1 amide bonds. The van der Waals surface area contributed by atoms with E-state index >= 15 is 0 Å². The summed E-state index contributed by atoms with van der Waals surface area (Å²) >= 11 is 0. The molecule has 0 N–H and O–H groups in total. The molecule has 3 aliphatic heterocycles. The third-order valence-electron chi connectivity index (χ3n) is 8.98. The number of hydrogen-bond acceptors (Lipinski definition) is 7. The average molecular weight is 589 g/mol. The van der Waals surface area contributed by atoms with Crippen LogP contribution in [0.15, 0.2) is 84.0 Å². The van der Waals surface area contributed by atoms with Crippen LogP contribution in [0.1, 0.15) is 60.3 Å². The molecule has 0 saturated heterocycles. The lowest BCUT2D eigenvalue weighted by Gasteiger charge is -2.42. The van der Waals surface area contributed by atoms with Crippen LogP contribution in [0.25, 0.3) is 0 Å². The van der Waals surface area contributed by atoms with Crippen LogP contribution in [-0.4, -0.2) is 50.1 Å². The molecule has 1 spiro atoms. The van der Waals surface area contributed by atoms with Crippen LogP contribution in [0, 0.1) is 0 Å². The molecule has 0 saturated carbocycles. The van der Waals surface area contributed by atoms with Crippen LogP contribution < -0.4 is 24.0 Å². The van der Waals surface area contributed by atoms with Crippen molar-refractivity contribution in [2.24, 2.45) is 5.10 Å². The molecule has 0 aromatic heterocycles. The Morgan fingerprint density at radius 2 is 1.39 bits per heavy atom. The molecule has 3 heterocycles. The van der Waals surface area contributed by atoms with Gasteiger partial charge in [0.15, 0.2) is 11.5 Å². The van der Waals surface area contributed by atoms with Gasteiger partial charge in [0, 0.05) is 77.5 Å². The molecule has 224 valence electrons. The van der Waals surface area contributed by atoms with Crippen LogP contribution >= 0.6 is 0 Å². The minimum Gasteiger partial charge on any atom is -0.456 e. The van der Waals surface area contributed by atoms with Gasteiger partial charge in [-0.2, -0.15) is 5.10 Å². The molecule has 8 nitrogen and oxygen atoms in total. The third-order valence-corrected chi connectivity index (χ3v) is 8.98. The largest absolute Gasteiger partial charge is 0.456 e. The van der Waals surface area contributed by atoms with E-state index in [9.17, 15) is 4.79 Å². The molecule has 4 aromatic rings. The van der Waals surface area contributed by atoms with Crippen LogP contribution in [0.3, 0.4) is 0 Å². The number of hydrogen-bond donors (Lipinski definition) is 0. The monoisotopic (exact) mass is 588 g/mol. The van der Waals surface area contributed by atoms with Gasteiger partial charge >= 0.3 is 0 Å². The van der Waals surface area contributed by atoms with Crippen LogP contribution in [0.2, 0.25) is 0 Å². The lowest BCUT2D eigenvalue weighted by atomic mass is 9.75. The number of fused-ring (bicyclic) bond motifs is 7. The SMILES string of the molecule is CCN(CC)c1ccc2c(c1)Oc1cc(N(CC)CC)ccc1C21c2ccccc2C(=O)N1/N=C/c1cccc2c1OCO2. The van der Waals surface area contributed by atoms with E-state index in [0.717, 1.165) is 59.8 Å². The summed E-state index contributed by atoms with van der Waals surface area (Å²) in [4.78, 5) is 19.0. The Bertz CT molecular complexity index is 1710. The van der Waals surface area contributed by atoms with Gasteiger partial charge < -0.3 is 24.0 Å². The zero-order chi connectivity index (χ0) is 30.4. The van der Waals surface area contributed by atoms with Gasteiger partial charge in [-0.25, -0.2) is 5.01 Å². The number of amides is 1. The predicted molar refractivity (Wildman–Crippen MR) is 173 cm³/mol. The highest BCUT2D eigenvalue weighted by Gasteiger charge is 2.57. The van der Waals surface area contributed by atoms with Crippen molar-refractivity contribution in [1.29, 1.82) is 0 Å². The zero-order valence-electron chi connectivity index (χ0n) is 25.5. The highest BCUT2D eigenvalue weighted by atomic mass is 16.7. The van der Waals surface area contributed by atoms with Crippen molar-refractivity contribution in [3.8, 4) is 23.0 Å². The Labute approximate surface area is 258 Å². The molecule has 4 aromatic carbocycles. The van der Waals surface area contributed by atoms with E-state index in [1.54, 1.807) is 11.2 Å². The first-order chi connectivity index (χ1) is 21.5. The molecule has 3 aliphatic rings. The number of carbonyl (C=O) groups is 1. The van der Waals surface area contributed by atoms with Gasteiger partial charge in [0.2, 0.25) is 6.79 Å². The zero-order valence-corrected chi connectivity index (χ0v) is 25.5. The smallest absolute Gasteiger partial charge is 0.275 e. The summed E-state index contributed by atoms with van der Waals surface area (Å²) in [7, 11) is 0. The highest BCUT2D eigenvalue weighted by Crippen LogP contribution is 2.58. The fourth-order valence-electron chi connectivity index (χ4n) is 6.82. The Hall–Kier alpha value is -4.98. The molecular formula is C36H36N4O4. The van der Waals surface area contributed by atoms with E-state index in [1.165, 1.54) is 0 Å². The Balaban J connectivity index is 1.49. The van der Waals surface area contributed by atoms with Crippen LogP contribution in [-0.2, 0) is 5.54 Å². The van der Waals surface area contributed by atoms with Gasteiger partial charge in [0.05, 0.1) is 6.21 Å². The van der Waals surface area contributed by atoms with Crippen LogP contribution in [0.4, 0.5) is 11.4 Å². The van der Waals surface area contributed by atoms with Crippen molar-refractivity contribution in [3.05, 3.63) is 107 Å². The number of benzene rings is 4. The molecule has 0 fully saturated rings. The van der Waals surface area contributed by atoms with E-state index in [2.05, 4.69) is 73.9 Å². The maximum absolute atomic E-state index is 14.4. The first-order valence-electron chi connectivity index (χ1n) is 15.4. The summed E-state index contributed by atoms with van der Waals surface area (Å²) in [5, 5.41) is 6.59. The third kappa shape index (κ3) is 4.04. The minimum atomic E-state index is -1.05. The lowest BCUT2D eigenvalue weighted by Crippen LogP contribution is -2.44. The topological polar surface area (TPSA) is 66.8 Å². The van der Waals surface area contributed by atoms with E-state index in [1.807, 2.05) is 42.5 Å². The van der Waals surface area contributed by atoms with Crippen LogP contribution in [0.5, 0.6) is 23.0 Å². The standard InChI is InChI=1S/C36H36N4O4/c1-5-38(6-2)25-16-18-29-32(20-25)44-33-21-26(39(7-3)8-4)17-19-30(33)36(29)28-14-10-9-13-27(28)35(41)40(36)37-22-24-12-11-15-31-34(24)43-23-42-31/h9-22H,5-8,23H2,1-4H3/b37-22+. The second-order valence-electron chi connectivity index (χ2n) is 11.0. The van der Waals surface area contributed by atoms with Crippen molar-refractivity contribution in [3.63, 3.8) is 0 Å². The van der Waals surface area contributed by atoms with Crippen molar-refractivity contribution in [1.82, 2.24) is 5.01 Å². The van der Waals surface area contributed by atoms with Crippen molar-refractivity contribution in [2.45, 2.75) is 33.2 Å². The summed E-state index contributed by atoms with van der Waals surface area (Å²) < 4.78 is 18.1. The number of ether oxygens (including phenoxy) is 3. The number of rotatable bonds is 8. The molecule has 0 radical (unpaired) electrons.